The first-order chi connectivity index (χ1) is 9.40. The number of aromatic nitrogens is 3. The minimum atomic E-state index is 0.947. The maximum absolute atomic E-state index is 4.38. The number of benzene rings is 1. The Labute approximate surface area is 113 Å². The second-order valence-electron chi connectivity index (χ2n) is 5.64. The van der Waals surface area contributed by atoms with Crippen molar-refractivity contribution in [2.75, 3.05) is 13.1 Å². The summed E-state index contributed by atoms with van der Waals surface area (Å²) in [5.74, 6) is 3.08. The molecule has 2 heterocycles. The van der Waals surface area contributed by atoms with Gasteiger partial charge in [-0.15, -0.1) is 10.2 Å². The van der Waals surface area contributed by atoms with Crippen molar-refractivity contribution >= 4 is 0 Å². The van der Waals surface area contributed by atoms with Crippen molar-refractivity contribution in [2.24, 2.45) is 5.92 Å². The average Bonchev–Trinajstić information content (AvgIpc) is 3.17. The van der Waals surface area contributed by atoms with Gasteiger partial charge in [0.1, 0.15) is 5.82 Å². The first kappa shape index (κ1) is 11.2. The number of hydrogen-bond donors (Lipinski definition) is 0. The molecule has 0 amide bonds. The van der Waals surface area contributed by atoms with E-state index in [-0.39, 0.29) is 0 Å². The van der Waals surface area contributed by atoms with E-state index < -0.39 is 0 Å². The van der Waals surface area contributed by atoms with E-state index in [2.05, 4.69) is 43.9 Å². The van der Waals surface area contributed by atoms with Crippen LogP contribution in [0.1, 0.15) is 18.7 Å². The maximum Gasteiger partial charge on any atom is 0.164 e. The largest absolute Gasteiger partial charge is 0.309 e. The lowest BCUT2D eigenvalue weighted by molar-refractivity contribution is 0.209. The molecule has 0 radical (unpaired) electrons. The van der Waals surface area contributed by atoms with Crippen LogP contribution < -0.4 is 0 Å². The van der Waals surface area contributed by atoms with Crippen molar-refractivity contribution in [1.82, 2.24) is 19.7 Å². The first-order valence-electron chi connectivity index (χ1n) is 7.10. The van der Waals surface area contributed by atoms with Crippen LogP contribution in [0.25, 0.3) is 11.4 Å². The summed E-state index contributed by atoms with van der Waals surface area (Å²) < 4.78 is 2.28. The van der Waals surface area contributed by atoms with Crippen molar-refractivity contribution in [2.45, 2.75) is 25.9 Å². The summed E-state index contributed by atoms with van der Waals surface area (Å²) in [5.41, 5.74) is 1.16. The molecule has 4 heteroatoms. The monoisotopic (exact) mass is 254 g/mol. The van der Waals surface area contributed by atoms with Crippen LogP contribution in [0.2, 0.25) is 0 Å². The molecule has 1 saturated carbocycles. The van der Waals surface area contributed by atoms with Crippen LogP contribution in [-0.2, 0) is 13.1 Å². The third kappa shape index (κ3) is 2.16. The summed E-state index contributed by atoms with van der Waals surface area (Å²) in [6.45, 7) is 4.34. The van der Waals surface area contributed by atoms with Crippen LogP contribution in [0.4, 0.5) is 0 Å². The Morgan fingerprint density at radius 3 is 2.68 bits per heavy atom. The highest BCUT2D eigenvalue weighted by Gasteiger charge is 2.28. The van der Waals surface area contributed by atoms with E-state index in [0.29, 0.717) is 0 Å². The molecule has 0 spiro atoms. The molecule has 1 aliphatic heterocycles. The Hall–Kier alpha value is -1.68. The average molecular weight is 254 g/mol. The number of fused-ring (bicyclic) bond motifs is 1. The standard InChI is InChI=1S/C15H18N4/c1-2-4-13(5-3-1)15-17-16-14-11-18(8-9-19(14)15)10-12-6-7-12/h1-5,12H,6-11H2. The molecule has 0 saturated heterocycles. The molecule has 0 N–H and O–H groups in total. The highest BCUT2D eigenvalue weighted by Crippen LogP contribution is 2.31. The summed E-state index contributed by atoms with van der Waals surface area (Å²) in [6, 6.07) is 10.4. The fraction of sp³-hybridized carbons (Fsp3) is 0.467. The van der Waals surface area contributed by atoms with Gasteiger partial charge in [0.25, 0.3) is 0 Å². The van der Waals surface area contributed by atoms with Crippen molar-refractivity contribution < 1.29 is 0 Å². The molecule has 19 heavy (non-hydrogen) atoms. The van der Waals surface area contributed by atoms with E-state index in [0.717, 1.165) is 42.8 Å². The van der Waals surface area contributed by atoms with Gasteiger partial charge in [-0.25, -0.2) is 0 Å². The SMILES string of the molecule is c1ccc(-c2nnc3n2CCN(CC2CC2)C3)cc1. The van der Waals surface area contributed by atoms with E-state index in [1.807, 2.05) is 6.07 Å². The quantitative estimate of drug-likeness (QED) is 0.842. The summed E-state index contributed by atoms with van der Waals surface area (Å²) in [4.78, 5) is 2.52. The molecule has 2 aromatic rings. The lowest BCUT2D eigenvalue weighted by atomic mass is 10.2. The van der Waals surface area contributed by atoms with Gasteiger partial charge >= 0.3 is 0 Å². The number of rotatable bonds is 3. The molecule has 1 fully saturated rings. The Balaban J connectivity index is 1.59. The fourth-order valence-corrected chi connectivity index (χ4v) is 2.83. The summed E-state index contributed by atoms with van der Waals surface area (Å²) in [5, 5.41) is 8.77. The highest BCUT2D eigenvalue weighted by atomic mass is 15.3. The second-order valence-corrected chi connectivity index (χ2v) is 5.64. The van der Waals surface area contributed by atoms with E-state index in [9.17, 15) is 0 Å². The van der Waals surface area contributed by atoms with Crippen molar-refractivity contribution in [1.29, 1.82) is 0 Å². The van der Waals surface area contributed by atoms with Gasteiger partial charge in [0.05, 0.1) is 6.54 Å². The first-order valence-corrected chi connectivity index (χ1v) is 7.10. The molecule has 1 aliphatic carbocycles. The molecule has 0 atom stereocenters. The predicted molar refractivity (Wildman–Crippen MR) is 73.5 cm³/mol. The number of hydrogen-bond acceptors (Lipinski definition) is 3. The Bertz CT molecular complexity index is 571. The van der Waals surface area contributed by atoms with Crippen LogP contribution in [-0.4, -0.2) is 32.8 Å². The molecule has 1 aromatic carbocycles. The number of nitrogens with zero attached hydrogens (tertiary/aromatic N) is 4. The van der Waals surface area contributed by atoms with Crippen LogP contribution in [0.15, 0.2) is 30.3 Å². The van der Waals surface area contributed by atoms with E-state index >= 15 is 0 Å². The Morgan fingerprint density at radius 2 is 1.89 bits per heavy atom. The summed E-state index contributed by atoms with van der Waals surface area (Å²) >= 11 is 0. The Morgan fingerprint density at radius 1 is 1.05 bits per heavy atom. The van der Waals surface area contributed by atoms with E-state index in [1.165, 1.54) is 19.4 Å². The second kappa shape index (κ2) is 4.46. The van der Waals surface area contributed by atoms with Crippen molar-refractivity contribution in [3.05, 3.63) is 36.2 Å². The third-order valence-corrected chi connectivity index (χ3v) is 4.08. The predicted octanol–water partition coefficient (Wildman–Crippen LogP) is 2.17. The molecule has 4 rings (SSSR count). The van der Waals surface area contributed by atoms with Gasteiger partial charge in [0, 0.05) is 25.2 Å². The molecule has 1 aromatic heterocycles. The molecule has 0 unspecified atom stereocenters. The van der Waals surface area contributed by atoms with E-state index in [1.54, 1.807) is 0 Å². The van der Waals surface area contributed by atoms with Gasteiger partial charge in [-0.1, -0.05) is 30.3 Å². The van der Waals surface area contributed by atoms with E-state index in [4.69, 9.17) is 0 Å². The normalized spacial score (nSPS) is 19.4. The van der Waals surface area contributed by atoms with Crippen LogP contribution in [0.5, 0.6) is 0 Å². The molecular weight excluding hydrogens is 236 g/mol. The lowest BCUT2D eigenvalue weighted by Gasteiger charge is -2.27. The zero-order chi connectivity index (χ0) is 12.7. The van der Waals surface area contributed by atoms with Gasteiger partial charge in [-0.05, 0) is 18.8 Å². The summed E-state index contributed by atoms with van der Waals surface area (Å²) in [6.07, 6.45) is 2.83. The smallest absolute Gasteiger partial charge is 0.164 e. The van der Waals surface area contributed by atoms with Crippen LogP contribution in [0.3, 0.4) is 0 Å². The minimum absolute atomic E-state index is 0.947. The van der Waals surface area contributed by atoms with Crippen LogP contribution >= 0.6 is 0 Å². The lowest BCUT2D eigenvalue weighted by Crippen LogP contribution is -2.35. The topological polar surface area (TPSA) is 34.0 Å². The van der Waals surface area contributed by atoms with Crippen LogP contribution in [0, 0.1) is 5.92 Å². The van der Waals surface area contributed by atoms with Gasteiger partial charge in [0.15, 0.2) is 5.82 Å². The molecule has 4 nitrogen and oxygen atoms in total. The fourth-order valence-electron chi connectivity index (χ4n) is 2.83. The highest BCUT2D eigenvalue weighted by molar-refractivity contribution is 5.55. The molecular formula is C15H18N4. The maximum atomic E-state index is 4.38. The Kier molecular flexibility index (Phi) is 2.62. The summed E-state index contributed by atoms with van der Waals surface area (Å²) in [7, 11) is 0. The van der Waals surface area contributed by atoms with Gasteiger partial charge in [0.2, 0.25) is 0 Å². The minimum Gasteiger partial charge on any atom is -0.309 e. The molecule has 0 bridgehead atoms. The zero-order valence-corrected chi connectivity index (χ0v) is 11.0. The van der Waals surface area contributed by atoms with Crippen molar-refractivity contribution in [3.8, 4) is 11.4 Å². The third-order valence-electron chi connectivity index (χ3n) is 4.08. The van der Waals surface area contributed by atoms with Crippen molar-refractivity contribution in [3.63, 3.8) is 0 Å². The zero-order valence-electron chi connectivity index (χ0n) is 11.0. The van der Waals surface area contributed by atoms with Gasteiger partial charge < -0.3 is 4.57 Å². The van der Waals surface area contributed by atoms with Gasteiger partial charge in [-0.2, -0.15) is 0 Å². The van der Waals surface area contributed by atoms with Gasteiger partial charge in [-0.3, -0.25) is 4.90 Å². The molecule has 2 aliphatic rings. The molecule has 98 valence electrons.